The maximum absolute atomic E-state index is 12.1. The van der Waals surface area contributed by atoms with Crippen LogP contribution in [0.2, 0.25) is 0 Å². The molecule has 0 bridgehead atoms. The van der Waals surface area contributed by atoms with Gasteiger partial charge in [-0.3, -0.25) is 9.36 Å². The van der Waals surface area contributed by atoms with Crippen LogP contribution in [0, 0.1) is 0 Å². The summed E-state index contributed by atoms with van der Waals surface area (Å²) in [6.45, 7) is 2.98. The first-order valence-electron chi connectivity index (χ1n) is 6.38. The molecule has 0 atom stereocenters. The lowest BCUT2D eigenvalue weighted by atomic mass is 10.4. The smallest absolute Gasteiger partial charge is 0.243 e. The van der Waals surface area contributed by atoms with Gasteiger partial charge in [-0.25, -0.2) is 18.1 Å². The third-order valence-corrected chi connectivity index (χ3v) is 4.23. The van der Waals surface area contributed by atoms with Crippen LogP contribution in [-0.2, 0) is 30.0 Å². The summed E-state index contributed by atoms with van der Waals surface area (Å²) >= 11 is 0. The van der Waals surface area contributed by atoms with Crippen molar-refractivity contribution >= 4 is 10.0 Å². The SMILES string of the molecule is CCCn1cc(S(=O)(=O)NCCc2ncnn2C)cn1. The third kappa shape index (κ3) is 3.42. The molecule has 0 aliphatic rings. The Morgan fingerprint density at radius 1 is 1.35 bits per heavy atom. The van der Waals surface area contributed by atoms with Gasteiger partial charge in [0.05, 0.1) is 6.20 Å². The van der Waals surface area contributed by atoms with Crippen molar-refractivity contribution in [1.82, 2.24) is 29.3 Å². The minimum Gasteiger partial charge on any atom is -0.271 e. The number of nitrogens with zero attached hydrogens (tertiary/aromatic N) is 5. The number of aryl methyl sites for hydroxylation is 2. The molecule has 0 fully saturated rings. The van der Waals surface area contributed by atoms with E-state index in [-0.39, 0.29) is 11.4 Å². The van der Waals surface area contributed by atoms with E-state index in [2.05, 4.69) is 19.9 Å². The second-order valence-electron chi connectivity index (χ2n) is 4.39. The number of aromatic nitrogens is 5. The van der Waals surface area contributed by atoms with Crippen molar-refractivity contribution in [3.63, 3.8) is 0 Å². The molecule has 0 saturated carbocycles. The highest BCUT2D eigenvalue weighted by molar-refractivity contribution is 7.89. The molecule has 0 spiro atoms. The summed E-state index contributed by atoms with van der Waals surface area (Å²) in [7, 11) is -1.75. The van der Waals surface area contributed by atoms with Gasteiger partial charge in [-0.05, 0) is 6.42 Å². The topological polar surface area (TPSA) is 94.7 Å². The van der Waals surface area contributed by atoms with E-state index < -0.39 is 10.0 Å². The van der Waals surface area contributed by atoms with Crippen LogP contribution in [0.5, 0.6) is 0 Å². The second-order valence-corrected chi connectivity index (χ2v) is 6.15. The Kier molecular flexibility index (Phi) is 4.50. The Labute approximate surface area is 117 Å². The fourth-order valence-corrected chi connectivity index (χ4v) is 2.75. The van der Waals surface area contributed by atoms with Crippen molar-refractivity contribution < 1.29 is 8.42 Å². The molecule has 1 N–H and O–H groups in total. The molecule has 2 aromatic rings. The Hall–Kier alpha value is -1.74. The summed E-state index contributed by atoms with van der Waals surface area (Å²) < 4.78 is 29.9. The predicted octanol–water partition coefficient (Wildman–Crippen LogP) is -0.0574. The van der Waals surface area contributed by atoms with Crippen LogP contribution in [0.15, 0.2) is 23.6 Å². The van der Waals surface area contributed by atoms with Crippen LogP contribution >= 0.6 is 0 Å². The number of hydrogen-bond donors (Lipinski definition) is 1. The number of sulfonamides is 1. The van der Waals surface area contributed by atoms with Crippen LogP contribution in [0.4, 0.5) is 0 Å². The van der Waals surface area contributed by atoms with Gasteiger partial charge in [0.15, 0.2) is 0 Å². The van der Waals surface area contributed by atoms with Crippen molar-refractivity contribution in [2.75, 3.05) is 6.54 Å². The van der Waals surface area contributed by atoms with Gasteiger partial charge >= 0.3 is 0 Å². The van der Waals surface area contributed by atoms with E-state index in [1.165, 1.54) is 18.7 Å². The van der Waals surface area contributed by atoms with Crippen LogP contribution in [0.3, 0.4) is 0 Å². The molecular formula is C11H18N6O2S. The molecule has 0 saturated heterocycles. The van der Waals surface area contributed by atoms with Crippen molar-refractivity contribution in [3.05, 3.63) is 24.5 Å². The molecule has 110 valence electrons. The fraction of sp³-hybridized carbons (Fsp3) is 0.545. The van der Waals surface area contributed by atoms with Crippen molar-refractivity contribution in [2.24, 2.45) is 7.05 Å². The molecule has 2 aromatic heterocycles. The summed E-state index contributed by atoms with van der Waals surface area (Å²) in [5, 5.41) is 7.94. The largest absolute Gasteiger partial charge is 0.271 e. The first kappa shape index (κ1) is 14.7. The zero-order valence-corrected chi connectivity index (χ0v) is 12.3. The van der Waals surface area contributed by atoms with E-state index in [1.54, 1.807) is 16.4 Å². The van der Waals surface area contributed by atoms with Crippen molar-refractivity contribution in [3.8, 4) is 0 Å². The van der Waals surface area contributed by atoms with Crippen LogP contribution in [0.1, 0.15) is 19.2 Å². The molecule has 0 aliphatic heterocycles. The van der Waals surface area contributed by atoms with Gasteiger partial charge in [0.1, 0.15) is 17.0 Å². The average Bonchev–Trinajstić information content (AvgIpc) is 3.00. The maximum Gasteiger partial charge on any atom is 0.243 e. The second kappa shape index (κ2) is 6.14. The Bertz CT molecular complexity index is 660. The molecule has 0 aliphatic carbocycles. The lowest BCUT2D eigenvalue weighted by molar-refractivity contribution is 0.577. The summed E-state index contributed by atoms with van der Waals surface area (Å²) in [6, 6.07) is 0. The Morgan fingerprint density at radius 3 is 2.80 bits per heavy atom. The zero-order chi connectivity index (χ0) is 14.6. The highest BCUT2D eigenvalue weighted by Gasteiger charge is 2.16. The first-order chi connectivity index (χ1) is 9.53. The molecule has 20 heavy (non-hydrogen) atoms. The van der Waals surface area contributed by atoms with Crippen LogP contribution in [-0.4, -0.2) is 39.5 Å². The predicted molar refractivity (Wildman–Crippen MR) is 72.4 cm³/mol. The number of hydrogen-bond acceptors (Lipinski definition) is 5. The van der Waals surface area contributed by atoms with Gasteiger partial charge in [0.25, 0.3) is 0 Å². The van der Waals surface area contributed by atoms with Gasteiger partial charge < -0.3 is 0 Å². The number of rotatable bonds is 7. The molecule has 2 rings (SSSR count). The zero-order valence-electron chi connectivity index (χ0n) is 11.5. The third-order valence-electron chi connectivity index (χ3n) is 2.82. The molecule has 8 nitrogen and oxygen atoms in total. The van der Waals surface area contributed by atoms with E-state index in [4.69, 9.17) is 0 Å². The van der Waals surface area contributed by atoms with E-state index in [0.717, 1.165) is 12.2 Å². The summed E-state index contributed by atoms with van der Waals surface area (Å²) in [5.41, 5.74) is 0. The maximum atomic E-state index is 12.1. The standard InChI is InChI=1S/C11H18N6O2S/c1-3-6-17-8-10(7-13-17)20(18,19)15-5-4-11-12-9-14-16(11)2/h7-9,15H,3-6H2,1-2H3. The molecule has 0 amide bonds. The van der Waals surface area contributed by atoms with Gasteiger partial charge in [0, 0.05) is 32.8 Å². The lowest BCUT2D eigenvalue weighted by Gasteiger charge is -2.04. The van der Waals surface area contributed by atoms with Gasteiger partial charge in [-0.1, -0.05) is 6.92 Å². The first-order valence-corrected chi connectivity index (χ1v) is 7.86. The molecular weight excluding hydrogens is 280 g/mol. The molecule has 9 heteroatoms. The van der Waals surface area contributed by atoms with Crippen molar-refractivity contribution in [2.45, 2.75) is 31.2 Å². The van der Waals surface area contributed by atoms with Crippen molar-refractivity contribution in [1.29, 1.82) is 0 Å². The fourth-order valence-electron chi connectivity index (χ4n) is 1.76. The molecule has 0 unspecified atom stereocenters. The van der Waals surface area contributed by atoms with Crippen LogP contribution < -0.4 is 4.72 Å². The monoisotopic (exact) mass is 298 g/mol. The molecule has 0 radical (unpaired) electrons. The highest BCUT2D eigenvalue weighted by Crippen LogP contribution is 2.07. The van der Waals surface area contributed by atoms with E-state index in [1.807, 2.05) is 6.92 Å². The summed E-state index contributed by atoms with van der Waals surface area (Å²) in [4.78, 5) is 4.22. The number of nitrogens with one attached hydrogen (secondary N) is 1. The minimum atomic E-state index is -3.51. The molecule has 2 heterocycles. The normalized spacial score (nSPS) is 11.9. The van der Waals surface area contributed by atoms with Gasteiger partial charge in [0.2, 0.25) is 10.0 Å². The quantitative estimate of drug-likeness (QED) is 0.773. The van der Waals surface area contributed by atoms with Crippen LogP contribution in [0.25, 0.3) is 0 Å². The average molecular weight is 298 g/mol. The van der Waals surface area contributed by atoms with E-state index >= 15 is 0 Å². The molecule has 0 aromatic carbocycles. The van der Waals surface area contributed by atoms with Gasteiger partial charge in [-0.15, -0.1) is 0 Å². The summed E-state index contributed by atoms with van der Waals surface area (Å²) in [6.07, 6.45) is 5.73. The Morgan fingerprint density at radius 2 is 2.15 bits per heavy atom. The summed E-state index contributed by atoms with van der Waals surface area (Å²) in [5.74, 6) is 0.731. The lowest BCUT2D eigenvalue weighted by Crippen LogP contribution is -2.26. The highest BCUT2D eigenvalue weighted by atomic mass is 32.2. The van der Waals surface area contributed by atoms with E-state index in [9.17, 15) is 8.42 Å². The Balaban J connectivity index is 1.95. The minimum absolute atomic E-state index is 0.184. The van der Waals surface area contributed by atoms with Gasteiger partial charge in [-0.2, -0.15) is 10.2 Å². The van der Waals surface area contributed by atoms with E-state index in [0.29, 0.717) is 13.0 Å².